The van der Waals surface area contributed by atoms with Crippen LogP contribution in [0.1, 0.15) is 36.2 Å². The van der Waals surface area contributed by atoms with Crippen molar-refractivity contribution < 1.29 is 9.63 Å². The molecule has 1 aliphatic rings. The molecule has 0 bridgehead atoms. The Kier molecular flexibility index (Phi) is 3.36. The largest absolute Gasteiger partial charge is 0.397 e. The van der Waals surface area contributed by atoms with E-state index in [1.54, 1.807) is 12.1 Å². The monoisotopic (exact) mass is 221 g/mol. The molecule has 3 N–H and O–H groups in total. The first-order chi connectivity index (χ1) is 7.75. The average Bonchev–Trinajstić information content (AvgIpc) is 2.80. The standard InChI is InChI=1S/C11H15N3O2/c12-8-5-6-10(13-7-8)11(15)14-16-9-3-1-2-4-9/h5-7,9H,1-4,12H2,(H,14,15). The predicted octanol–water partition coefficient (Wildman–Crippen LogP) is 1.27. The van der Waals surface area contributed by atoms with E-state index in [2.05, 4.69) is 10.5 Å². The molecule has 86 valence electrons. The number of aromatic nitrogens is 1. The minimum absolute atomic E-state index is 0.151. The van der Waals surface area contributed by atoms with Gasteiger partial charge >= 0.3 is 0 Å². The van der Waals surface area contributed by atoms with Crippen LogP contribution in [-0.4, -0.2) is 17.0 Å². The summed E-state index contributed by atoms with van der Waals surface area (Å²) < 4.78 is 0. The van der Waals surface area contributed by atoms with Crippen molar-refractivity contribution in [1.82, 2.24) is 10.5 Å². The summed E-state index contributed by atoms with van der Waals surface area (Å²) in [5, 5.41) is 0. The molecular formula is C11H15N3O2. The lowest BCUT2D eigenvalue weighted by molar-refractivity contribution is -0.0127. The molecular weight excluding hydrogens is 206 g/mol. The Morgan fingerprint density at radius 1 is 1.44 bits per heavy atom. The topological polar surface area (TPSA) is 77.2 Å². The van der Waals surface area contributed by atoms with E-state index in [0.717, 1.165) is 12.8 Å². The van der Waals surface area contributed by atoms with Gasteiger partial charge in [0.1, 0.15) is 5.69 Å². The number of nitrogens with one attached hydrogen (secondary N) is 1. The maximum Gasteiger partial charge on any atom is 0.293 e. The van der Waals surface area contributed by atoms with Crippen LogP contribution in [-0.2, 0) is 4.84 Å². The Hall–Kier alpha value is -1.62. The van der Waals surface area contributed by atoms with Crippen molar-refractivity contribution in [2.75, 3.05) is 5.73 Å². The number of rotatable bonds is 3. The van der Waals surface area contributed by atoms with Crippen LogP contribution in [0.2, 0.25) is 0 Å². The van der Waals surface area contributed by atoms with Gasteiger partial charge in [0.05, 0.1) is 18.0 Å². The summed E-state index contributed by atoms with van der Waals surface area (Å²) in [6.45, 7) is 0. The Bertz CT molecular complexity index is 358. The molecule has 0 unspecified atom stereocenters. The number of hydroxylamine groups is 1. The predicted molar refractivity (Wildman–Crippen MR) is 59.5 cm³/mol. The fourth-order valence-corrected chi connectivity index (χ4v) is 1.73. The van der Waals surface area contributed by atoms with Gasteiger partial charge in [0, 0.05) is 0 Å². The van der Waals surface area contributed by atoms with Gasteiger partial charge in [-0.15, -0.1) is 0 Å². The van der Waals surface area contributed by atoms with Gasteiger partial charge in [0.25, 0.3) is 5.91 Å². The van der Waals surface area contributed by atoms with Gasteiger partial charge < -0.3 is 5.73 Å². The molecule has 1 aromatic rings. The second-order valence-corrected chi connectivity index (χ2v) is 3.93. The molecule has 0 aromatic carbocycles. The van der Waals surface area contributed by atoms with E-state index in [1.165, 1.54) is 19.0 Å². The summed E-state index contributed by atoms with van der Waals surface area (Å²) in [5.74, 6) is -0.327. The lowest BCUT2D eigenvalue weighted by Crippen LogP contribution is -2.28. The summed E-state index contributed by atoms with van der Waals surface area (Å²) in [6.07, 6.45) is 5.95. The lowest BCUT2D eigenvalue weighted by atomic mass is 10.3. The SMILES string of the molecule is Nc1ccc(C(=O)NOC2CCCC2)nc1. The number of amides is 1. The maximum atomic E-state index is 11.6. The molecule has 5 heteroatoms. The van der Waals surface area contributed by atoms with Crippen molar-refractivity contribution in [2.45, 2.75) is 31.8 Å². The quantitative estimate of drug-likeness (QED) is 0.753. The highest BCUT2D eigenvalue weighted by atomic mass is 16.7. The van der Waals surface area contributed by atoms with Gasteiger partial charge in [-0.3, -0.25) is 9.63 Å². The molecule has 0 atom stereocenters. The fraction of sp³-hybridized carbons (Fsp3) is 0.455. The van der Waals surface area contributed by atoms with Crippen LogP contribution in [0.5, 0.6) is 0 Å². The van der Waals surface area contributed by atoms with Crippen LogP contribution < -0.4 is 11.2 Å². The minimum Gasteiger partial charge on any atom is -0.397 e. The highest BCUT2D eigenvalue weighted by molar-refractivity contribution is 5.91. The van der Waals surface area contributed by atoms with Gasteiger partial charge in [-0.25, -0.2) is 10.5 Å². The molecule has 1 heterocycles. The van der Waals surface area contributed by atoms with Crippen LogP contribution >= 0.6 is 0 Å². The van der Waals surface area contributed by atoms with Crippen molar-refractivity contribution >= 4 is 11.6 Å². The number of carbonyl (C=O) groups excluding carboxylic acids is 1. The Morgan fingerprint density at radius 3 is 2.81 bits per heavy atom. The van der Waals surface area contributed by atoms with E-state index >= 15 is 0 Å². The number of hydrogen-bond acceptors (Lipinski definition) is 4. The maximum absolute atomic E-state index is 11.6. The van der Waals surface area contributed by atoms with Gasteiger partial charge in [-0.05, 0) is 25.0 Å². The summed E-state index contributed by atoms with van der Waals surface area (Å²) in [5.41, 5.74) is 8.74. The molecule has 1 aromatic heterocycles. The zero-order valence-corrected chi connectivity index (χ0v) is 8.98. The van der Waals surface area contributed by atoms with Crippen LogP contribution in [0, 0.1) is 0 Å². The highest BCUT2D eigenvalue weighted by Crippen LogP contribution is 2.19. The summed E-state index contributed by atoms with van der Waals surface area (Å²) in [6, 6.07) is 3.21. The number of anilines is 1. The molecule has 5 nitrogen and oxygen atoms in total. The number of pyridine rings is 1. The first-order valence-electron chi connectivity index (χ1n) is 5.43. The second-order valence-electron chi connectivity index (χ2n) is 3.93. The van der Waals surface area contributed by atoms with E-state index in [1.807, 2.05) is 0 Å². The third-order valence-electron chi connectivity index (χ3n) is 2.64. The summed E-state index contributed by atoms with van der Waals surface area (Å²) in [7, 11) is 0. The molecule has 1 fully saturated rings. The Labute approximate surface area is 94.0 Å². The van der Waals surface area contributed by atoms with Crippen molar-refractivity contribution in [3.63, 3.8) is 0 Å². The van der Waals surface area contributed by atoms with E-state index in [-0.39, 0.29) is 12.0 Å². The van der Waals surface area contributed by atoms with Crippen LogP contribution in [0.15, 0.2) is 18.3 Å². The number of nitrogens with two attached hydrogens (primary N) is 1. The molecule has 0 saturated heterocycles. The summed E-state index contributed by atoms with van der Waals surface area (Å²) >= 11 is 0. The van der Waals surface area contributed by atoms with Gasteiger partial charge in [-0.2, -0.15) is 0 Å². The molecule has 1 amide bonds. The summed E-state index contributed by atoms with van der Waals surface area (Å²) in [4.78, 5) is 20.8. The van der Waals surface area contributed by atoms with Crippen molar-refractivity contribution in [2.24, 2.45) is 0 Å². The normalized spacial score (nSPS) is 16.2. The number of hydrogen-bond donors (Lipinski definition) is 2. The Morgan fingerprint density at radius 2 is 2.19 bits per heavy atom. The molecule has 0 aliphatic heterocycles. The molecule has 2 rings (SSSR count). The fourth-order valence-electron chi connectivity index (χ4n) is 1.73. The minimum atomic E-state index is -0.327. The molecule has 0 spiro atoms. The smallest absolute Gasteiger partial charge is 0.293 e. The average molecular weight is 221 g/mol. The number of carbonyl (C=O) groups is 1. The lowest BCUT2D eigenvalue weighted by Gasteiger charge is -2.10. The second kappa shape index (κ2) is 4.94. The van der Waals surface area contributed by atoms with Gasteiger partial charge in [0.15, 0.2) is 0 Å². The Balaban J connectivity index is 1.85. The van der Waals surface area contributed by atoms with E-state index in [9.17, 15) is 4.79 Å². The van der Waals surface area contributed by atoms with Gasteiger partial charge in [-0.1, -0.05) is 12.8 Å². The first kappa shape index (κ1) is 10.9. The van der Waals surface area contributed by atoms with Crippen molar-refractivity contribution in [1.29, 1.82) is 0 Å². The van der Waals surface area contributed by atoms with E-state index in [0.29, 0.717) is 11.4 Å². The third-order valence-corrected chi connectivity index (χ3v) is 2.64. The number of nitrogen functional groups attached to an aromatic ring is 1. The molecule has 1 aliphatic carbocycles. The third kappa shape index (κ3) is 2.70. The molecule has 1 saturated carbocycles. The van der Waals surface area contributed by atoms with Crippen LogP contribution in [0.3, 0.4) is 0 Å². The van der Waals surface area contributed by atoms with Crippen molar-refractivity contribution in [3.8, 4) is 0 Å². The van der Waals surface area contributed by atoms with Crippen molar-refractivity contribution in [3.05, 3.63) is 24.0 Å². The zero-order chi connectivity index (χ0) is 11.4. The van der Waals surface area contributed by atoms with Gasteiger partial charge in [0.2, 0.25) is 0 Å². The highest BCUT2D eigenvalue weighted by Gasteiger charge is 2.17. The molecule has 0 radical (unpaired) electrons. The number of nitrogens with zero attached hydrogens (tertiary/aromatic N) is 1. The molecule has 16 heavy (non-hydrogen) atoms. The van der Waals surface area contributed by atoms with E-state index in [4.69, 9.17) is 10.6 Å². The van der Waals surface area contributed by atoms with Crippen LogP contribution in [0.25, 0.3) is 0 Å². The van der Waals surface area contributed by atoms with E-state index < -0.39 is 0 Å². The van der Waals surface area contributed by atoms with Crippen LogP contribution in [0.4, 0.5) is 5.69 Å². The first-order valence-corrected chi connectivity index (χ1v) is 5.43. The zero-order valence-electron chi connectivity index (χ0n) is 8.98.